The lowest BCUT2D eigenvalue weighted by molar-refractivity contribution is -0.117. The molecule has 6 nitrogen and oxygen atoms in total. The van der Waals surface area contributed by atoms with Crippen molar-refractivity contribution < 1.29 is 22.3 Å². The van der Waals surface area contributed by atoms with Gasteiger partial charge in [-0.15, -0.1) is 0 Å². The third-order valence-electron chi connectivity index (χ3n) is 5.62. The van der Waals surface area contributed by atoms with Gasteiger partial charge in [-0.05, 0) is 54.5 Å². The largest absolute Gasteiger partial charge is 0.454 e. The zero-order valence-electron chi connectivity index (χ0n) is 18.7. The number of hydrogen-bond donors (Lipinski definition) is 1. The molecule has 1 aliphatic heterocycles. The average Bonchev–Trinajstić information content (AvgIpc) is 2.72. The minimum absolute atomic E-state index is 0.0755. The van der Waals surface area contributed by atoms with Gasteiger partial charge in [0.15, 0.2) is 5.75 Å². The number of benzene rings is 2. The van der Waals surface area contributed by atoms with Crippen molar-refractivity contribution in [2.24, 2.45) is 5.92 Å². The highest BCUT2D eigenvalue weighted by atomic mass is 35.5. The Morgan fingerprint density at radius 3 is 2.48 bits per heavy atom. The standard InChI is InChI=1S/C23H27Cl2FN2O4S/c1-14(2)16-11-17(26)13-18(12-16)32-23-19(24)4-5-20(22(23)25)27-21(29)10-15-6-8-28(9-7-15)33(3,30)31/h4-5,11-15H,6-10H2,1-3H3,(H,27,29). The van der Waals surface area contributed by atoms with Gasteiger partial charge in [0.25, 0.3) is 0 Å². The molecule has 0 aliphatic carbocycles. The summed E-state index contributed by atoms with van der Waals surface area (Å²) in [6.45, 7) is 4.70. The molecule has 0 saturated carbocycles. The molecule has 3 rings (SSSR count). The average molecular weight is 517 g/mol. The van der Waals surface area contributed by atoms with Crippen molar-refractivity contribution >= 4 is 44.8 Å². The van der Waals surface area contributed by atoms with Gasteiger partial charge in [0.1, 0.15) is 16.6 Å². The molecular weight excluding hydrogens is 490 g/mol. The van der Waals surface area contributed by atoms with Crippen LogP contribution in [0.15, 0.2) is 30.3 Å². The van der Waals surface area contributed by atoms with Gasteiger partial charge in [0, 0.05) is 25.6 Å². The van der Waals surface area contributed by atoms with Crippen molar-refractivity contribution in [3.05, 3.63) is 51.8 Å². The fourth-order valence-corrected chi connectivity index (χ4v) is 5.09. The molecule has 2 aromatic rings. The lowest BCUT2D eigenvalue weighted by Gasteiger charge is -2.29. The Morgan fingerprint density at radius 1 is 1.21 bits per heavy atom. The van der Waals surface area contributed by atoms with Crippen LogP contribution in [0.5, 0.6) is 11.5 Å². The van der Waals surface area contributed by atoms with Crippen molar-refractivity contribution in [3.63, 3.8) is 0 Å². The topological polar surface area (TPSA) is 75.7 Å². The number of carbonyl (C=O) groups is 1. The van der Waals surface area contributed by atoms with Crippen LogP contribution in [-0.2, 0) is 14.8 Å². The van der Waals surface area contributed by atoms with E-state index in [1.54, 1.807) is 18.2 Å². The Bertz CT molecular complexity index is 1130. The van der Waals surface area contributed by atoms with E-state index in [1.165, 1.54) is 22.7 Å². The molecule has 2 aromatic carbocycles. The van der Waals surface area contributed by atoms with E-state index in [9.17, 15) is 17.6 Å². The van der Waals surface area contributed by atoms with Crippen LogP contribution >= 0.6 is 23.2 Å². The number of ether oxygens (including phenoxy) is 1. The summed E-state index contributed by atoms with van der Waals surface area (Å²) < 4.78 is 44.5. The molecule has 1 saturated heterocycles. The van der Waals surface area contributed by atoms with Gasteiger partial charge in [0.2, 0.25) is 15.9 Å². The Balaban J connectivity index is 1.69. The Morgan fingerprint density at radius 2 is 1.88 bits per heavy atom. The third kappa shape index (κ3) is 6.82. The lowest BCUT2D eigenvalue weighted by atomic mass is 9.94. The highest BCUT2D eigenvalue weighted by Crippen LogP contribution is 2.41. The first-order valence-corrected chi connectivity index (χ1v) is 13.3. The number of hydrogen-bond acceptors (Lipinski definition) is 4. The molecule has 1 amide bonds. The van der Waals surface area contributed by atoms with E-state index < -0.39 is 15.8 Å². The van der Waals surface area contributed by atoms with Crippen LogP contribution < -0.4 is 10.1 Å². The minimum Gasteiger partial charge on any atom is -0.454 e. The molecule has 180 valence electrons. The predicted molar refractivity (Wildman–Crippen MR) is 129 cm³/mol. The number of nitrogens with zero attached hydrogens (tertiary/aromatic N) is 1. The molecule has 1 fully saturated rings. The van der Waals surface area contributed by atoms with E-state index in [2.05, 4.69) is 5.32 Å². The van der Waals surface area contributed by atoms with Crippen molar-refractivity contribution in [3.8, 4) is 11.5 Å². The van der Waals surface area contributed by atoms with Crippen LogP contribution in [-0.4, -0.2) is 38.0 Å². The molecule has 0 spiro atoms. The van der Waals surface area contributed by atoms with E-state index in [0.717, 1.165) is 5.56 Å². The second-order valence-corrected chi connectivity index (χ2v) is 11.3. The van der Waals surface area contributed by atoms with Gasteiger partial charge in [-0.2, -0.15) is 0 Å². The van der Waals surface area contributed by atoms with Crippen LogP contribution in [0.25, 0.3) is 0 Å². The maximum Gasteiger partial charge on any atom is 0.224 e. The van der Waals surface area contributed by atoms with E-state index in [4.69, 9.17) is 27.9 Å². The van der Waals surface area contributed by atoms with Crippen LogP contribution in [0.4, 0.5) is 10.1 Å². The van der Waals surface area contributed by atoms with Crippen LogP contribution in [0.1, 0.15) is 44.6 Å². The molecule has 0 unspecified atom stereocenters. The number of amides is 1. The van der Waals surface area contributed by atoms with E-state index >= 15 is 0 Å². The normalized spacial score (nSPS) is 15.6. The van der Waals surface area contributed by atoms with E-state index in [-0.39, 0.29) is 45.7 Å². The van der Waals surface area contributed by atoms with Gasteiger partial charge in [-0.1, -0.05) is 37.0 Å². The summed E-state index contributed by atoms with van der Waals surface area (Å²) in [7, 11) is -3.21. The van der Waals surface area contributed by atoms with Gasteiger partial charge in [-0.25, -0.2) is 17.1 Å². The lowest BCUT2D eigenvalue weighted by Crippen LogP contribution is -2.38. The van der Waals surface area contributed by atoms with Gasteiger partial charge in [-0.3, -0.25) is 4.79 Å². The van der Waals surface area contributed by atoms with Crippen molar-refractivity contribution in [1.82, 2.24) is 4.31 Å². The third-order valence-corrected chi connectivity index (χ3v) is 7.60. The summed E-state index contributed by atoms with van der Waals surface area (Å²) in [4.78, 5) is 12.6. The fraction of sp³-hybridized carbons (Fsp3) is 0.435. The van der Waals surface area contributed by atoms with Crippen molar-refractivity contribution in [2.45, 2.75) is 39.0 Å². The van der Waals surface area contributed by atoms with Gasteiger partial charge in [0.05, 0.1) is 17.0 Å². The number of carbonyl (C=O) groups excluding carboxylic acids is 1. The number of anilines is 1. The maximum absolute atomic E-state index is 14.0. The zero-order chi connectivity index (χ0) is 24.3. The molecule has 0 bridgehead atoms. The number of nitrogens with one attached hydrogen (secondary N) is 1. The first-order valence-electron chi connectivity index (χ1n) is 10.7. The Hall–Kier alpha value is -1.87. The number of halogens is 3. The monoisotopic (exact) mass is 516 g/mol. The summed E-state index contributed by atoms with van der Waals surface area (Å²) in [5.74, 6) is -0.123. The molecule has 1 heterocycles. The highest BCUT2D eigenvalue weighted by molar-refractivity contribution is 7.88. The Kier molecular flexibility index (Phi) is 8.26. The van der Waals surface area contributed by atoms with E-state index in [1.807, 2.05) is 13.8 Å². The first kappa shape index (κ1) is 25.7. The minimum atomic E-state index is -3.21. The fourth-order valence-electron chi connectivity index (χ4n) is 3.73. The second kappa shape index (κ2) is 10.6. The molecule has 0 aromatic heterocycles. The van der Waals surface area contributed by atoms with Gasteiger partial charge < -0.3 is 10.1 Å². The molecule has 10 heteroatoms. The number of rotatable bonds is 7. The predicted octanol–water partition coefficient (Wildman–Crippen LogP) is 6.05. The summed E-state index contributed by atoms with van der Waals surface area (Å²) in [5.41, 5.74) is 1.10. The molecule has 0 atom stereocenters. The van der Waals surface area contributed by atoms with E-state index in [0.29, 0.717) is 31.6 Å². The summed E-state index contributed by atoms with van der Waals surface area (Å²) in [6.07, 6.45) is 2.66. The number of sulfonamides is 1. The second-order valence-electron chi connectivity index (χ2n) is 8.57. The van der Waals surface area contributed by atoms with Crippen molar-refractivity contribution in [1.29, 1.82) is 0 Å². The molecule has 0 radical (unpaired) electrons. The highest BCUT2D eigenvalue weighted by Gasteiger charge is 2.26. The van der Waals surface area contributed by atoms with Crippen molar-refractivity contribution in [2.75, 3.05) is 24.7 Å². The summed E-state index contributed by atoms with van der Waals surface area (Å²) >= 11 is 12.7. The molecule has 33 heavy (non-hydrogen) atoms. The molecule has 1 aliphatic rings. The first-order chi connectivity index (χ1) is 15.4. The Labute approximate surface area is 204 Å². The van der Waals surface area contributed by atoms with Crippen LogP contribution in [0, 0.1) is 11.7 Å². The summed E-state index contributed by atoms with van der Waals surface area (Å²) in [5, 5.41) is 3.11. The molecule has 1 N–H and O–H groups in total. The smallest absolute Gasteiger partial charge is 0.224 e. The zero-order valence-corrected chi connectivity index (χ0v) is 21.0. The maximum atomic E-state index is 14.0. The van der Waals surface area contributed by atoms with Crippen LogP contribution in [0.2, 0.25) is 10.0 Å². The number of piperidine rings is 1. The summed E-state index contributed by atoms with van der Waals surface area (Å²) in [6, 6.07) is 7.53. The quantitative estimate of drug-likeness (QED) is 0.485. The van der Waals surface area contributed by atoms with Crippen LogP contribution in [0.3, 0.4) is 0 Å². The molecular formula is C23H27Cl2FN2O4S. The SMILES string of the molecule is CC(C)c1cc(F)cc(Oc2c(Cl)ccc(NC(=O)CC3CCN(S(C)(=O)=O)CC3)c2Cl)c1. The van der Waals surface area contributed by atoms with Gasteiger partial charge >= 0.3 is 0 Å².